The van der Waals surface area contributed by atoms with Gasteiger partial charge in [-0.2, -0.15) is 4.98 Å². The van der Waals surface area contributed by atoms with Crippen LogP contribution in [-0.4, -0.2) is 42.1 Å². The monoisotopic (exact) mass is 375 g/mol. The van der Waals surface area contributed by atoms with Crippen molar-refractivity contribution in [3.05, 3.63) is 37.1 Å². The predicted octanol–water partition coefficient (Wildman–Crippen LogP) is 3.19. The van der Waals surface area contributed by atoms with Crippen molar-refractivity contribution in [3.63, 3.8) is 0 Å². The van der Waals surface area contributed by atoms with Gasteiger partial charge in [-0.3, -0.25) is 4.40 Å². The maximum Gasteiger partial charge on any atom is 0.244 e. The smallest absolute Gasteiger partial charge is 0.244 e. The minimum absolute atomic E-state index is 0.463. The van der Waals surface area contributed by atoms with Crippen LogP contribution in [0.2, 0.25) is 0 Å². The van der Waals surface area contributed by atoms with E-state index in [2.05, 4.69) is 25.4 Å². The molecule has 4 aromatic rings. The highest BCUT2D eigenvalue weighted by molar-refractivity contribution is 5.84. The Labute approximate surface area is 161 Å². The highest BCUT2D eigenvalue weighted by atomic mass is 16.5. The van der Waals surface area contributed by atoms with Crippen LogP contribution in [0.3, 0.4) is 0 Å². The van der Waals surface area contributed by atoms with Crippen molar-refractivity contribution in [3.8, 4) is 17.0 Å². The standard InChI is InChI=1S/C20H21N7O/c1-28-17-16-15(13-11-22-19-21-6-8-26(19)12-13)3-7-27(16)25-18(24-17)23-14-9-20(10-14)4-2-5-20/h3,6-8,11-12,14H,2,4-5,9-10H2,1H3,(H,23,25). The number of methoxy groups -OCH3 is 1. The van der Waals surface area contributed by atoms with E-state index >= 15 is 0 Å². The normalized spacial score (nSPS) is 18.3. The van der Waals surface area contributed by atoms with Crippen LogP contribution < -0.4 is 10.1 Å². The van der Waals surface area contributed by atoms with Crippen LogP contribution in [0.25, 0.3) is 22.4 Å². The van der Waals surface area contributed by atoms with Crippen molar-refractivity contribution in [2.45, 2.75) is 38.1 Å². The van der Waals surface area contributed by atoms with Gasteiger partial charge in [0.2, 0.25) is 17.6 Å². The molecule has 2 fully saturated rings. The first-order valence-electron chi connectivity index (χ1n) is 9.72. The number of rotatable bonds is 4. The Morgan fingerprint density at radius 3 is 2.89 bits per heavy atom. The summed E-state index contributed by atoms with van der Waals surface area (Å²) in [6.45, 7) is 0. The quantitative estimate of drug-likeness (QED) is 0.590. The van der Waals surface area contributed by atoms with Gasteiger partial charge in [-0.05, 0) is 37.2 Å². The summed E-state index contributed by atoms with van der Waals surface area (Å²) in [4.78, 5) is 13.2. The number of imidazole rings is 1. The first kappa shape index (κ1) is 15.9. The summed E-state index contributed by atoms with van der Waals surface area (Å²) in [5, 5.41) is 8.16. The van der Waals surface area contributed by atoms with E-state index < -0.39 is 0 Å². The first-order chi connectivity index (χ1) is 13.7. The third-order valence-corrected chi connectivity index (χ3v) is 6.34. The average Bonchev–Trinajstić information content (AvgIpc) is 3.28. The zero-order chi connectivity index (χ0) is 18.7. The van der Waals surface area contributed by atoms with Gasteiger partial charge < -0.3 is 10.1 Å². The fourth-order valence-electron chi connectivity index (χ4n) is 4.74. The molecule has 2 aliphatic carbocycles. The molecule has 0 unspecified atom stereocenters. The molecule has 0 aromatic carbocycles. The van der Waals surface area contributed by atoms with Crippen LogP contribution in [0, 0.1) is 5.41 Å². The van der Waals surface area contributed by atoms with Gasteiger partial charge >= 0.3 is 0 Å². The molecule has 0 radical (unpaired) electrons. The number of nitrogens with one attached hydrogen (secondary N) is 1. The fourth-order valence-corrected chi connectivity index (χ4v) is 4.74. The SMILES string of the molecule is COc1nc(NC2CC3(CCC3)C2)nn2ccc(-c3cnc4nccn4c3)c12. The van der Waals surface area contributed by atoms with Crippen LogP contribution >= 0.6 is 0 Å². The van der Waals surface area contributed by atoms with Gasteiger partial charge in [0.15, 0.2) is 0 Å². The zero-order valence-electron chi connectivity index (χ0n) is 15.7. The second kappa shape index (κ2) is 5.67. The van der Waals surface area contributed by atoms with Crippen LogP contribution in [-0.2, 0) is 0 Å². The van der Waals surface area contributed by atoms with Crippen molar-refractivity contribution in [1.82, 2.24) is 29.0 Å². The molecule has 142 valence electrons. The lowest BCUT2D eigenvalue weighted by Crippen LogP contribution is -2.49. The molecular formula is C20H21N7O. The topological polar surface area (TPSA) is 81.6 Å². The van der Waals surface area contributed by atoms with Gasteiger partial charge in [-0.15, -0.1) is 5.10 Å². The number of aromatic nitrogens is 6. The largest absolute Gasteiger partial charge is 0.479 e. The summed E-state index contributed by atoms with van der Waals surface area (Å²) in [7, 11) is 1.65. The maximum absolute atomic E-state index is 5.62. The van der Waals surface area contributed by atoms with Crippen LogP contribution in [0.1, 0.15) is 32.1 Å². The molecule has 8 nitrogen and oxygen atoms in total. The van der Waals surface area contributed by atoms with Crippen molar-refractivity contribution in [1.29, 1.82) is 0 Å². The molecule has 0 bridgehead atoms. The Balaban J connectivity index is 1.36. The van der Waals surface area contributed by atoms with E-state index in [-0.39, 0.29) is 0 Å². The lowest BCUT2D eigenvalue weighted by molar-refractivity contribution is 0.0189. The predicted molar refractivity (Wildman–Crippen MR) is 104 cm³/mol. The molecule has 0 atom stereocenters. The molecule has 0 amide bonds. The number of ether oxygens (including phenoxy) is 1. The summed E-state index contributed by atoms with van der Waals surface area (Å²) in [6.07, 6.45) is 16.0. The molecule has 2 saturated carbocycles. The molecule has 1 N–H and O–H groups in total. The Bertz CT molecular complexity index is 1180. The second-order valence-corrected chi connectivity index (χ2v) is 8.05. The molecule has 4 aromatic heterocycles. The molecule has 2 aliphatic rings. The van der Waals surface area contributed by atoms with Gasteiger partial charge in [-0.25, -0.2) is 14.5 Å². The van der Waals surface area contributed by atoms with Crippen LogP contribution in [0.15, 0.2) is 37.1 Å². The molecule has 0 saturated heterocycles. The third kappa shape index (κ3) is 2.30. The van der Waals surface area contributed by atoms with E-state index in [1.165, 1.54) is 32.1 Å². The van der Waals surface area contributed by atoms with Crippen molar-refractivity contribution in [2.75, 3.05) is 12.4 Å². The average molecular weight is 375 g/mol. The molecule has 1 spiro atoms. The summed E-state index contributed by atoms with van der Waals surface area (Å²) in [5.74, 6) is 1.85. The number of anilines is 1. The number of hydrogen-bond donors (Lipinski definition) is 1. The molecule has 28 heavy (non-hydrogen) atoms. The summed E-state index contributed by atoms with van der Waals surface area (Å²) in [5.41, 5.74) is 3.38. The summed E-state index contributed by atoms with van der Waals surface area (Å²) < 4.78 is 9.35. The van der Waals surface area contributed by atoms with E-state index in [4.69, 9.17) is 4.74 Å². The van der Waals surface area contributed by atoms with Crippen molar-refractivity contribution < 1.29 is 4.74 Å². The van der Waals surface area contributed by atoms with E-state index in [9.17, 15) is 0 Å². The lowest BCUT2D eigenvalue weighted by Gasteiger charge is -2.54. The fraction of sp³-hybridized carbons (Fsp3) is 0.400. The minimum atomic E-state index is 0.463. The van der Waals surface area contributed by atoms with E-state index in [0.29, 0.717) is 29.1 Å². The van der Waals surface area contributed by atoms with E-state index in [1.807, 2.05) is 39.8 Å². The number of nitrogens with zero attached hydrogens (tertiary/aromatic N) is 6. The van der Waals surface area contributed by atoms with Gasteiger partial charge in [0.1, 0.15) is 5.52 Å². The second-order valence-electron chi connectivity index (χ2n) is 8.05. The van der Waals surface area contributed by atoms with Crippen LogP contribution in [0.4, 0.5) is 5.95 Å². The Hall–Kier alpha value is -3.16. The van der Waals surface area contributed by atoms with Crippen molar-refractivity contribution >= 4 is 17.2 Å². The summed E-state index contributed by atoms with van der Waals surface area (Å²) in [6, 6.07) is 2.48. The molecule has 6 rings (SSSR count). The zero-order valence-corrected chi connectivity index (χ0v) is 15.7. The van der Waals surface area contributed by atoms with Crippen LogP contribution in [0.5, 0.6) is 5.88 Å². The maximum atomic E-state index is 5.62. The highest BCUT2D eigenvalue weighted by Crippen LogP contribution is 2.56. The van der Waals surface area contributed by atoms with Gasteiger partial charge in [-0.1, -0.05) is 6.42 Å². The minimum Gasteiger partial charge on any atom is -0.479 e. The van der Waals surface area contributed by atoms with Gasteiger partial charge in [0.25, 0.3) is 0 Å². The lowest BCUT2D eigenvalue weighted by atomic mass is 9.54. The van der Waals surface area contributed by atoms with E-state index in [0.717, 1.165) is 16.6 Å². The first-order valence-corrected chi connectivity index (χ1v) is 9.72. The highest BCUT2D eigenvalue weighted by Gasteiger charge is 2.48. The number of hydrogen-bond acceptors (Lipinski definition) is 6. The third-order valence-electron chi connectivity index (χ3n) is 6.34. The Morgan fingerprint density at radius 2 is 2.11 bits per heavy atom. The Kier molecular flexibility index (Phi) is 3.21. The molecule has 0 aliphatic heterocycles. The molecular weight excluding hydrogens is 354 g/mol. The van der Waals surface area contributed by atoms with E-state index in [1.54, 1.807) is 13.3 Å². The van der Waals surface area contributed by atoms with Crippen molar-refractivity contribution in [2.24, 2.45) is 5.41 Å². The molecule has 4 heterocycles. The van der Waals surface area contributed by atoms with Gasteiger partial charge in [0, 0.05) is 48.2 Å². The Morgan fingerprint density at radius 1 is 1.21 bits per heavy atom. The number of fused-ring (bicyclic) bond motifs is 2. The van der Waals surface area contributed by atoms with Gasteiger partial charge in [0.05, 0.1) is 7.11 Å². The molecule has 8 heteroatoms. The summed E-state index contributed by atoms with van der Waals surface area (Å²) >= 11 is 0.